The second-order valence-corrected chi connectivity index (χ2v) is 9.04. The molecule has 7 nitrogen and oxygen atoms in total. The number of aryl methyl sites for hydroxylation is 2. The zero-order valence-corrected chi connectivity index (χ0v) is 19.5. The average Bonchev–Trinajstić information content (AvgIpc) is 2.86. The SMILES string of the molecule is Cc1c(OCC(=O)Nc2ccc(CN3CCOCC3)cc2)ccc2c3c(c(=O)oc12)CCCC3. The van der Waals surface area contributed by atoms with E-state index in [-0.39, 0.29) is 18.1 Å². The molecule has 1 aliphatic carbocycles. The van der Waals surface area contributed by atoms with Crippen LogP contribution in [-0.4, -0.2) is 43.7 Å². The highest BCUT2D eigenvalue weighted by Crippen LogP contribution is 2.32. The first-order valence-electron chi connectivity index (χ1n) is 12.0. The highest BCUT2D eigenvalue weighted by atomic mass is 16.5. The highest BCUT2D eigenvalue weighted by Gasteiger charge is 2.20. The Balaban J connectivity index is 1.21. The molecule has 0 bridgehead atoms. The summed E-state index contributed by atoms with van der Waals surface area (Å²) in [5.41, 5.74) is 4.88. The Labute approximate surface area is 198 Å². The van der Waals surface area contributed by atoms with Gasteiger partial charge in [-0.25, -0.2) is 4.79 Å². The van der Waals surface area contributed by atoms with Crippen molar-refractivity contribution >= 4 is 22.6 Å². The summed E-state index contributed by atoms with van der Waals surface area (Å²) in [6.45, 7) is 6.05. The fraction of sp³-hybridized carbons (Fsp3) is 0.407. The van der Waals surface area contributed by atoms with Crippen LogP contribution in [0.5, 0.6) is 5.75 Å². The van der Waals surface area contributed by atoms with Crippen LogP contribution in [0.2, 0.25) is 0 Å². The topological polar surface area (TPSA) is 81.0 Å². The summed E-state index contributed by atoms with van der Waals surface area (Å²) < 4.78 is 16.8. The van der Waals surface area contributed by atoms with Gasteiger partial charge >= 0.3 is 5.63 Å². The predicted molar refractivity (Wildman–Crippen MR) is 131 cm³/mol. The van der Waals surface area contributed by atoms with E-state index in [4.69, 9.17) is 13.9 Å². The maximum atomic E-state index is 12.5. The van der Waals surface area contributed by atoms with E-state index in [1.807, 2.05) is 43.3 Å². The molecule has 1 N–H and O–H groups in total. The summed E-state index contributed by atoms with van der Waals surface area (Å²) in [5, 5.41) is 3.85. The number of hydrogen-bond donors (Lipinski definition) is 1. The van der Waals surface area contributed by atoms with Gasteiger partial charge in [-0.3, -0.25) is 9.69 Å². The minimum atomic E-state index is -0.253. The molecule has 7 heteroatoms. The molecule has 1 aliphatic heterocycles. The fourth-order valence-electron chi connectivity index (χ4n) is 4.83. The van der Waals surface area contributed by atoms with E-state index in [2.05, 4.69) is 10.2 Å². The molecule has 0 spiro atoms. The number of benzene rings is 2. The number of nitrogens with one attached hydrogen (secondary N) is 1. The minimum Gasteiger partial charge on any atom is -0.483 e. The van der Waals surface area contributed by atoms with Crippen LogP contribution in [0, 0.1) is 6.92 Å². The quantitative estimate of drug-likeness (QED) is 0.561. The number of ether oxygens (including phenoxy) is 2. The number of anilines is 1. The van der Waals surface area contributed by atoms with E-state index in [0.29, 0.717) is 11.3 Å². The average molecular weight is 463 g/mol. The maximum Gasteiger partial charge on any atom is 0.339 e. The summed E-state index contributed by atoms with van der Waals surface area (Å²) in [6.07, 6.45) is 3.77. The van der Waals surface area contributed by atoms with Gasteiger partial charge in [0.05, 0.1) is 13.2 Å². The van der Waals surface area contributed by atoms with Crippen LogP contribution in [0.25, 0.3) is 11.0 Å². The third-order valence-electron chi connectivity index (χ3n) is 6.70. The van der Waals surface area contributed by atoms with Gasteiger partial charge in [0.2, 0.25) is 0 Å². The molecule has 1 aromatic heterocycles. The molecule has 0 atom stereocenters. The predicted octanol–water partition coefficient (Wildman–Crippen LogP) is 3.83. The van der Waals surface area contributed by atoms with E-state index in [9.17, 15) is 9.59 Å². The Morgan fingerprint density at radius 1 is 1.03 bits per heavy atom. The molecule has 2 heterocycles. The van der Waals surface area contributed by atoms with Crippen LogP contribution < -0.4 is 15.7 Å². The zero-order chi connectivity index (χ0) is 23.5. The number of carbonyl (C=O) groups is 1. The zero-order valence-electron chi connectivity index (χ0n) is 19.5. The number of nitrogens with zero attached hydrogens (tertiary/aromatic N) is 1. The van der Waals surface area contributed by atoms with Crippen LogP contribution in [0.3, 0.4) is 0 Å². The van der Waals surface area contributed by atoms with Crippen molar-refractivity contribution in [3.05, 3.63) is 69.1 Å². The molecule has 2 aliphatic rings. The Kier molecular flexibility index (Phi) is 6.65. The Morgan fingerprint density at radius 2 is 1.76 bits per heavy atom. The molecule has 1 amide bonds. The van der Waals surface area contributed by atoms with Gasteiger partial charge in [0.1, 0.15) is 11.3 Å². The van der Waals surface area contributed by atoms with Crippen LogP contribution in [0.15, 0.2) is 45.6 Å². The Hall–Kier alpha value is -3.16. The highest BCUT2D eigenvalue weighted by molar-refractivity contribution is 5.92. The van der Waals surface area contributed by atoms with Gasteiger partial charge in [0.25, 0.3) is 5.91 Å². The van der Waals surface area contributed by atoms with E-state index >= 15 is 0 Å². The number of carbonyl (C=O) groups excluding carboxylic acids is 1. The first-order chi connectivity index (χ1) is 16.6. The Bertz CT molecular complexity index is 1240. The molecule has 0 unspecified atom stereocenters. The third-order valence-corrected chi connectivity index (χ3v) is 6.70. The number of morpholine rings is 1. The molecule has 2 aromatic carbocycles. The van der Waals surface area contributed by atoms with Crippen molar-refractivity contribution in [1.29, 1.82) is 0 Å². The summed E-state index contributed by atoms with van der Waals surface area (Å²) >= 11 is 0. The van der Waals surface area contributed by atoms with E-state index in [1.54, 1.807) is 0 Å². The smallest absolute Gasteiger partial charge is 0.339 e. The number of hydrogen-bond acceptors (Lipinski definition) is 6. The monoisotopic (exact) mass is 462 g/mol. The van der Waals surface area contributed by atoms with Crippen LogP contribution in [0.4, 0.5) is 5.69 Å². The first-order valence-corrected chi connectivity index (χ1v) is 12.0. The first kappa shape index (κ1) is 22.6. The van der Waals surface area contributed by atoms with E-state index in [1.165, 1.54) is 5.56 Å². The normalized spacial score (nSPS) is 16.3. The van der Waals surface area contributed by atoms with Crippen molar-refractivity contribution < 1.29 is 18.7 Å². The van der Waals surface area contributed by atoms with Gasteiger partial charge < -0.3 is 19.2 Å². The van der Waals surface area contributed by atoms with E-state index < -0.39 is 0 Å². The fourth-order valence-corrected chi connectivity index (χ4v) is 4.83. The van der Waals surface area contributed by atoms with Crippen LogP contribution >= 0.6 is 0 Å². The molecule has 0 saturated carbocycles. The molecule has 1 fully saturated rings. The second-order valence-electron chi connectivity index (χ2n) is 9.04. The summed E-state index contributed by atoms with van der Waals surface area (Å²) in [4.78, 5) is 27.3. The standard InChI is InChI=1S/C27H30N2O5/c1-18-24(11-10-22-21-4-2-3-5-23(21)27(31)34-26(18)22)33-17-25(30)28-20-8-6-19(7-9-20)16-29-12-14-32-15-13-29/h6-11H,2-5,12-17H2,1H3,(H,28,30). The molecule has 3 aromatic rings. The molecule has 0 radical (unpaired) electrons. The molecule has 1 saturated heterocycles. The van der Waals surface area contributed by atoms with Gasteiger partial charge in [-0.1, -0.05) is 12.1 Å². The van der Waals surface area contributed by atoms with Gasteiger partial charge in [0.15, 0.2) is 6.61 Å². The lowest BCUT2D eigenvalue weighted by molar-refractivity contribution is -0.118. The maximum absolute atomic E-state index is 12.5. The van der Waals surface area contributed by atoms with E-state index in [0.717, 1.165) is 86.3 Å². The molecule has 34 heavy (non-hydrogen) atoms. The number of rotatable bonds is 6. The Morgan fingerprint density at radius 3 is 2.53 bits per heavy atom. The lowest BCUT2D eigenvalue weighted by Gasteiger charge is -2.26. The molecule has 178 valence electrons. The number of amides is 1. The lowest BCUT2D eigenvalue weighted by atomic mass is 9.90. The van der Waals surface area contributed by atoms with Crippen molar-refractivity contribution in [1.82, 2.24) is 4.90 Å². The minimum absolute atomic E-state index is 0.128. The van der Waals surface area contributed by atoms with Gasteiger partial charge in [-0.2, -0.15) is 0 Å². The molecular weight excluding hydrogens is 432 g/mol. The van der Waals surface area contributed by atoms with Gasteiger partial charge in [-0.05, 0) is 68.0 Å². The van der Waals surface area contributed by atoms with Crippen molar-refractivity contribution in [2.24, 2.45) is 0 Å². The van der Waals surface area contributed by atoms with Gasteiger partial charge in [0, 0.05) is 41.8 Å². The van der Waals surface area contributed by atoms with Crippen molar-refractivity contribution in [3.63, 3.8) is 0 Å². The largest absolute Gasteiger partial charge is 0.483 e. The van der Waals surface area contributed by atoms with Crippen molar-refractivity contribution in [3.8, 4) is 5.75 Å². The summed E-state index contributed by atoms with van der Waals surface area (Å²) in [5.74, 6) is 0.301. The summed E-state index contributed by atoms with van der Waals surface area (Å²) in [6, 6.07) is 11.7. The van der Waals surface area contributed by atoms with Gasteiger partial charge in [-0.15, -0.1) is 0 Å². The molecule has 5 rings (SSSR count). The number of fused-ring (bicyclic) bond motifs is 3. The third kappa shape index (κ3) is 4.86. The van der Waals surface area contributed by atoms with Crippen molar-refractivity contribution in [2.45, 2.75) is 39.2 Å². The lowest BCUT2D eigenvalue weighted by Crippen LogP contribution is -2.35. The van der Waals surface area contributed by atoms with Crippen molar-refractivity contribution in [2.75, 3.05) is 38.2 Å². The van der Waals surface area contributed by atoms with Crippen LogP contribution in [-0.2, 0) is 28.9 Å². The summed E-state index contributed by atoms with van der Waals surface area (Å²) in [7, 11) is 0. The van der Waals surface area contributed by atoms with Crippen LogP contribution in [0.1, 0.15) is 35.1 Å². The second kappa shape index (κ2) is 9.99. The molecular formula is C27H30N2O5.